The second kappa shape index (κ2) is 7.05. The van der Waals surface area contributed by atoms with Crippen LogP contribution in [0, 0.1) is 0 Å². The first-order valence-electron chi connectivity index (χ1n) is 9.52. The van der Waals surface area contributed by atoms with E-state index in [4.69, 9.17) is 4.42 Å². The predicted molar refractivity (Wildman–Crippen MR) is 106 cm³/mol. The number of likely N-dealkylation sites (tertiary alicyclic amines) is 1. The van der Waals surface area contributed by atoms with Crippen LogP contribution < -0.4 is 5.76 Å². The second-order valence-corrected chi connectivity index (χ2v) is 7.15. The molecule has 0 N–H and O–H groups in total. The van der Waals surface area contributed by atoms with Crippen LogP contribution in [0.1, 0.15) is 12.5 Å². The summed E-state index contributed by atoms with van der Waals surface area (Å²) in [6.07, 6.45) is 2.71. The topological polar surface area (TPSA) is 86.2 Å². The van der Waals surface area contributed by atoms with Crippen molar-refractivity contribution in [1.82, 2.24) is 24.5 Å². The Hall–Kier alpha value is -3.68. The normalized spacial score (nSPS) is 16.6. The van der Waals surface area contributed by atoms with Gasteiger partial charge in [-0.15, -0.1) is 5.10 Å². The van der Waals surface area contributed by atoms with E-state index >= 15 is 0 Å². The summed E-state index contributed by atoms with van der Waals surface area (Å²) in [6, 6.07) is 17.1. The summed E-state index contributed by atoms with van der Waals surface area (Å²) >= 11 is 0. The number of nitrogens with zero attached hydrogens (tertiary/aromatic N) is 5. The SMILES string of the molecule is O=C(Cn1c(=O)oc2ccccc21)N1CC[C@H](n2cc(-c3ccccc3)nn2)C1. The molecule has 5 rings (SSSR count). The van der Waals surface area contributed by atoms with Gasteiger partial charge in [-0.05, 0) is 18.6 Å². The first-order chi connectivity index (χ1) is 14.2. The molecule has 0 aliphatic carbocycles. The largest absolute Gasteiger partial charge is 0.420 e. The Morgan fingerprint density at radius 1 is 1.10 bits per heavy atom. The molecule has 2 aromatic carbocycles. The molecular formula is C21H19N5O3. The van der Waals surface area contributed by atoms with E-state index in [-0.39, 0.29) is 18.5 Å². The van der Waals surface area contributed by atoms with Crippen LogP contribution in [0.5, 0.6) is 0 Å². The number of benzene rings is 2. The van der Waals surface area contributed by atoms with Gasteiger partial charge in [0.15, 0.2) is 5.58 Å². The molecule has 4 aromatic rings. The fourth-order valence-electron chi connectivity index (χ4n) is 3.78. The van der Waals surface area contributed by atoms with Crippen LogP contribution >= 0.6 is 0 Å². The lowest BCUT2D eigenvalue weighted by Gasteiger charge is -2.16. The second-order valence-electron chi connectivity index (χ2n) is 7.15. The van der Waals surface area contributed by atoms with Crippen molar-refractivity contribution in [2.45, 2.75) is 19.0 Å². The number of carbonyl (C=O) groups is 1. The summed E-state index contributed by atoms with van der Waals surface area (Å²) in [6.45, 7) is 1.13. The van der Waals surface area contributed by atoms with Crippen molar-refractivity contribution in [2.24, 2.45) is 0 Å². The Morgan fingerprint density at radius 3 is 2.76 bits per heavy atom. The molecule has 1 atom stereocenters. The van der Waals surface area contributed by atoms with Crippen molar-refractivity contribution in [1.29, 1.82) is 0 Å². The Balaban J connectivity index is 1.29. The van der Waals surface area contributed by atoms with Crippen molar-refractivity contribution >= 4 is 17.0 Å². The molecule has 0 saturated carbocycles. The van der Waals surface area contributed by atoms with Crippen molar-refractivity contribution < 1.29 is 9.21 Å². The number of hydrogen-bond donors (Lipinski definition) is 0. The highest BCUT2D eigenvalue weighted by Gasteiger charge is 2.29. The predicted octanol–water partition coefficient (Wildman–Crippen LogP) is 2.33. The Kier molecular flexibility index (Phi) is 4.23. The molecule has 1 aliphatic rings. The third-order valence-corrected chi connectivity index (χ3v) is 5.34. The van der Waals surface area contributed by atoms with Gasteiger partial charge in [0.2, 0.25) is 5.91 Å². The van der Waals surface area contributed by atoms with Crippen molar-refractivity contribution in [2.75, 3.05) is 13.1 Å². The molecule has 146 valence electrons. The quantitative estimate of drug-likeness (QED) is 0.535. The summed E-state index contributed by atoms with van der Waals surface area (Å²) in [5.41, 5.74) is 2.94. The Labute approximate surface area is 166 Å². The van der Waals surface area contributed by atoms with E-state index < -0.39 is 5.76 Å². The molecule has 8 nitrogen and oxygen atoms in total. The maximum Gasteiger partial charge on any atom is 0.420 e. The van der Waals surface area contributed by atoms with Gasteiger partial charge in [-0.2, -0.15) is 0 Å². The lowest BCUT2D eigenvalue weighted by Crippen LogP contribution is -2.34. The smallest absolute Gasteiger partial charge is 0.408 e. The number of oxazole rings is 1. The van der Waals surface area contributed by atoms with Gasteiger partial charge in [0.25, 0.3) is 0 Å². The minimum atomic E-state index is -0.515. The summed E-state index contributed by atoms with van der Waals surface area (Å²) in [5.74, 6) is -0.622. The highest BCUT2D eigenvalue weighted by atomic mass is 16.4. The van der Waals surface area contributed by atoms with Gasteiger partial charge >= 0.3 is 5.76 Å². The van der Waals surface area contributed by atoms with Crippen molar-refractivity contribution in [3.05, 3.63) is 71.3 Å². The first kappa shape index (κ1) is 17.4. The molecular weight excluding hydrogens is 370 g/mol. The van der Waals surface area contributed by atoms with Gasteiger partial charge in [-0.25, -0.2) is 9.48 Å². The minimum Gasteiger partial charge on any atom is -0.408 e. The number of carbonyl (C=O) groups excluding carboxylic acids is 1. The van der Waals surface area contributed by atoms with Crippen LogP contribution in [0.25, 0.3) is 22.4 Å². The summed E-state index contributed by atoms with van der Waals surface area (Å²) < 4.78 is 8.42. The highest BCUT2D eigenvalue weighted by Crippen LogP contribution is 2.24. The van der Waals surface area contributed by atoms with Crippen molar-refractivity contribution in [3.8, 4) is 11.3 Å². The molecule has 3 heterocycles. The number of amides is 1. The lowest BCUT2D eigenvalue weighted by atomic mass is 10.2. The van der Waals surface area contributed by atoms with Gasteiger partial charge < -0.3 is 9.32 Å². The summed E-state index contributed by atoms with van der Waals surface area (Å²) in [4.78, 5) is 26.7. The number of aromatic nitrogens is 4. The standard InChI is InChI=1S/C21H19N5O3/c27-20(14-25-18-8-4-5-9-19(18)29-21(25)28)24-11-10-16(12-24)26-13-17(22-23-26)15-6-2-1-3-7-15/h1-9,13,16H,10-12,14H2/t16-/m0/s1. The van der Waals surface area contributed by atoms with Crippen molar-refractivity contribution in [3.63, 3.8) is 0 Å². The molecule has 29 heavy (non-hydrogen) atoms. The summed E-state index contributed by atoms with van der Waals surface area (Å²) in [7, 11) is 0. The lowest BCUT2D eigenvalue weighted by molar-refractivity contribution is -0.130. The van der Waals surface area contributed by atoms with Crippen LogP contribution in [0.4, 0.5) is 0 Å². The van der Waals surface area contributed by atoms with Gasteiger partial charge in [0.1, 0.15) is 12.2 Å². The van der Waals surface area contributed by atoms with E-state index in [1.807, 2.05) is 47.3 Å². The molecule has 0 bridgehead atoms. The maximum absolute atomic E-state index is 12.8. The zero-order chi connectivity index (χ0) is 19.8. The number of para-hydroxylation sites is 2. The van der Waals surface area contributed by atoms with Crippen LogP contribution in [-0.2, 0) is 11.3 Å². The fourth-order valence-corrected chi connectivity index (χ4v) is 3.78. The zero-order valence-corrected chi connectivity index (χ0v) is 15.6. The Morgan fingerprint density at radius 2 is 1.90 bits per heavy atom. The number of rotatable bonds is 4. The van der Waals surface area contributed by atoms with E-state index in [0.29, 0.717) is 24.2 Å². The Bertz CT molecular complexity index is 1220. The zero-order valence-electron chi connectivity index (χ0n) is 15.6. The van der Waals surface area contributed by atoms with E-state index in [9.17, 15) is 9.59 Å². The molecule has 1 aliphatic heterocycles. The third kappa shape index (κ3) is 3.22. The average molecular weight is 389 g/mol. The highest BCUT2D eigenvalue weighted by molar-refractivity contribution is 5.79. The third-order valence-electron chi connectivity index (χ3n) is 5.34. The molecule has 0 radical (unpaired) electrons. The van der Waals surface area contributed by atoms with Gasteiger partial charge in [0.05, 0.1) is 17.8 Å². The monoisotopic (exact) mass is 389 g/mol. The van der Waals surface area contributed by atoms with E-state index in [0.717, 1.165) is 17.7 Å². The maximum atomic E-state index is 12.8. The van der Waals surface area contributed by atoms with E-state index in [1.54, 1.807) is 23.1 Å². The van der Waals surface area contributed by atoms with Crippen LogP contribution in [0.3, 0.4) is 0 Å². The van der Waals surface area contributed by atoms with Gasteiger partial charge in [0, 0.05) is 18.7 Å². The average Bonchev–Trinajstić information content (AvgIpc) is 3.48. The van der Waals surface area contributed by atoms with Crippen LogP contribution in [0.15, 0.2) is 70.0 Å². The van der Waals surface area contributed by atoms with E-state index in [2.05, 4.69) is 10.3 Å². The van der Waals surface area contributed by atoms with Gasteiger partial charge in [-0.1, -0.05) is 47.7 Å². The fraction of sp³-hybridized carbons (Fsp3) is 0.238. The molecule has 8 heteroatoms. The van der Waals surface area contributed by atoms with Gasteiger partial charge in [-0.3, -0.25) is 9.36 Å². The molecule has 1 saturated heterocycles. The van der Waals surface area contributed by atoms with E-state index in [1.165, 1.54) is 4.57 Å². The van der Waals surface area contributed by atoms with Crippen LogP contribution in [-0.4, -0.2) is 43.5 Å². The summed E-state index contributed by atoms with van der Waals surface area (Å²) in [5, 5.41) is 8.52. The molecule has 0 spiro atoms. The van der Waals surface area contributed by atoms with Crippen LogP contribution in [0.2, 0.25) is 0 Å². The first-order valence-corrected chi connectivity index (χ1v) is 9.52. The molecule has 1 amide bonds. The number of fused-ring (bicyclic) bond motifs is 1. The molecule has 2 aromatic heterocycles. The minimum absolute atomic E-state index is 0.0326. The molecule has 1 fully saturated rings. The molecule has 0 unspecified atom stereocenters. The number of hydrogen-bond acceptors (Lipinski definition) is 5.